The summed E-state index contributed by atoms with van der Waals surface area (Å²) < 4.78 is 33.1. The van der Waals surface area contributed by atoms with Crippen LogP contribution in [-0.4, -0.2) is 45.7 Å². The minimum absolute atomic E-state index is 0.0645. The lowest BCUT2D eigenvalue weighted by Crippen LogP contribution is -2.52. The van der Waals surface area contributed by atoms with Crippen LogP contribution in [0.15, 0.2) is 17.0 Å². The monoisotopic (exact) mass is 357 g/mol. The average Bonchev–Trinajstić information content (AvgIpc) is 2.94. The quantitative estimate of drug-likeness (QED) is 0.561. The van der Waals surface area contributed by atoms with E-state index >= 15 is 0 Å². The molecule has 0 bridgehead atoms. The molecule has 1 saturated heterocycles. The van der Waals surface area contributed by atoms with E-state index in [0.29, 0.717) is 17.7 Å². The fourth-order valence-corrected chi connectivity index (χ4v) is 4.46. The number of nitrogens with one attached hydrogen (secondary N) is 2. The molecule has 2 N–H and O–H groups in total. The standard InChI is InChI=1S/C15H23N3O5S/c1-11-7-12(2)14(8-13(11)18(19)20)24(21,22)17-9-15(10-23-3)5-4-6-16-15/h7-8,16-17H,4-6,9-10H2,1-3H3. The van der Waals surface area contributed by atoms with Crippen LogP contribution in [0.2, 0.25) is 0 Å². The van der Waals surface area contributed by atoms with Gasteiger partial charge in [-0.15, -0.1) is 0 Å². The summed E-state index contributed by atoms with van der Waals surface area (Å²) in [6, 6.07) is 2.64. The second-order valence-corrected chi connectivity index (χ2v) is 7.96. The molecule has 0 amide bonds. The number of benzene rings is 1. The maximum Gasteiger partial charge on any atom is 0.273 e. The van der Waals surface area contributed by atoms with E-state index in [-0.39, 0.29) is 17.1 Å². The molecule has 1 heterocycles. The van der Waals surface area contributed by atoms with Gasteiger partial charge in [-0.25, -0.2) is 13.1 Å². The van der Waals surface area contributed by atoms with Crippen molar-refractivity contribution in [2.45, 2.75) is 37.1 Å². The Morgan fingerprint density at radius 1 is 1.38 bits per heavy atom. The van der Waals surface area contributed by atoms with Gasteiger partial charge < -0.3 is 10.1 Å². The highest BCUT2D eigenvalue weighted by atomic mass is 32.2. The van der Waals surface area contributed by atoms with Crippen LogP contribution in [0.1, 0.15) is 24.0 Å². The van der Waals surface area contributed by atoms with E-state index in [1.54, 1.807) is 21.0 Å². The van der Waals surface area contributed by atoms with Crippen molar-refractivity contribution < 1.29 is 18.1 Å². The Hall–Kier alpha value is -1.55. The van der Waals surface area contributed by atoms with Gasteiger partial charge >= 0.3 is 0 Å². The van der Waals surface area contributed by atoms with Gasteiger partial charge in [-0.1, -0.05) is 0 Å². The zero-order valence-corrected chi connectivity index (χ0v) is 14.9. The molecular weight excluding hydrogens is 334 g/mol. The molecule has 8 nitrogen and oxygen atoms in total. The highest BCUT2D eigenvalue weighted by molar-refractivity contribution is 7.89. The van der Waals surface area contributed by atoms with Crippen molar-refractivity contribution in [3.63, 3.8) is 0 Å². The van der Waals surface area contributed by atoms with Crippen LogP contribution in [0, 0.1) is 24.0 Å². The molecule has 1 aliphatic heterocycles. The second-order valence-electron chi connectivity index (χ2n) is 6.23. The van der Waals surface area contributed by atoms with Crippen molar-refractivity contribution in [3.8, 4) is 0 Å². The second kappa shape index (κ2) is 7.14. The number of nitro groups is 1. The molecule has 1 aromatic rings. The number of aryl methyl sites for hydroxylation is 2. The molecule has 1 fully saturated rings. The molecule has 0 spiro atoms. The van der Waals surface area contributed by atoms with Crippen molar-refractivity contribution >= 4 is 15.7 Å². The Balaban J connectivity index is 2.27. The molecule has 24 heavy (non-hydrogen) atoms. The first-order valence-electron chi connectivity index (χ1n) is 7.70. The molecule has 0 saturated carbocycles. The fourth-order valence-electron chi connectivity index (χ4n) is 3.09. The Kier molecular flexibility index (Phi) is 5.59. The molecule has 1 aromatic carbocycles. The van der Waals surface area contributed by atoms with E-state index in [9.17, 15) is 18.5 Å². The van der Waals surface area contributed by atoms with Crippen molar-refractivity contribution in [2.24, 2.45) is 0 Å². The van der Waals surface area contributed by atoms with Gasteiger partial charge in [0.2, 0.25) is 10.0 Å². The maximum absolute atomic E-state index is 12.6. The molecular formula is C15H23N3O5S. The minimum atomic E-state index is -3.86. The van der Waals surface area contributed by atoms with Gasteiger partial charge in [0, 0.05) is 25.3 Å². The van der Waals surface area contributed by atoms with Crippen molar-refractivity contribution in [1.29, 1.82) is 0 Å². The number of hydrogen-bond donors (Lipinski definition) is 2. The smallest absolute Gasteiger partial charge is 0.273 e. The van der Waals surface area contributed by atoms with Crippen LogP contribution in [0.4, 0.5) is 5.69 Å². The van der Waals surface area contributed by atoms with E-state index in [1.807, 2.05) is 0 Å². The number of hydrogen-bond acceptors (Lipinski definition) is 6. The summed E-state index contributed by atoms with van der Waals surface area (Å²) in [4.78, 5) is 10.4. The lowest BCUT2D eigenvalue weighted by molar-refractivity contribution is -0.385. The summed E-state index contributed by atoms with van der Waals surface area (Å²) >= 11 is 0. The van der Waals surface area contributed by atoms with E-state index in [0.717, 1.165) is 25.5 Å². The number of sulfonamides is 1. The summed E-state index contributed by atoms with van der Waals surface area (Å²) in [7, 11) is -2.28. The molecule has 1 unspecified atom stereocenters. The lowest BCUT2D eigenvalue weighted by Gasteiger charge is -2.29. The largest absolute Gasteiger partial charge is 0.383 e. The Bertz CT molecular complexity index is 727. The molecule has 1 atom stereocenters. The number of rotatable bonds is 7. The maximum atomic E-state index is 12.6. The van der Waals surface area contributed by atoms with Gasteiger partial charge in [0.1, 0.15) is 0 Å². The third-order valence-electron chi connectivity index (χ3n) is 4.33. The number of nitro benzene ring substituents is 1. The number of methoxy groups -OCH3 is 1. The van der Waals surface area contributed by atoms with Gasteiger partial charge in [0.05, 0.1) is 22.0 Å². The first kappa shape index (κ1) is 18.8. The van der Waals surface area contributed by atoms with Crippen LogP contribution in [0.25, 0.3) is 0 Å². The van der Waals surface area contributed by atoms with Crippen LogP contribution in [-0.2, 0) is 14.8 Å². The first-order chi connectivity index (χ1) is 11.2. The zero-order valence-electron chi connectivity index (χ0n) is 14.1. The van der Waals surface area contributed by atoms with Gasteiger partial charge in [-0.05, 0) is 44.9 Å². The summed E-state index contributed by atoms with van der Waals surface area (Å²) in [5.41, 5.74) is 0.272. The van der Waals surface area contributed by atoms with Crippen LogP contribution < -0.4 is 10.0 Å². The van der Waals surface area contributed by atoms with E-state index in [1.165, 1.54) is 6.07 Å². The third kappa shape index (κ3) is 3.92. The summed E-state index contributed by atoms with van der Waals surface area (Å²) in [6.07, 6.45) is 1.75. The highest BCUT2D eigenvalue weighted by Gasteiger charge is 2.35. The molecule has 2 rings (SSSR count). The molecule has 0 aromatic heterocycles. The third-order valence-corrected chi connectivity index (χ3v) is 5.88. The van der Waals surface area contributed by atoms with Gasteiger partial charge in [-0.3, -0.25) is 10.1 Å². The number of ether oxygens (including phenoxy) is 1. The van der Waals surface area contributed by atoms with Crippen LogP contribution in [0.5, 0.6) is 0 Å². The molecule has 1 aliphatic rings. The molecule has 9 heteroatoms. The topological polar surface area (TPSA) is 111 Å². The zero-order chi connectivity index (χ0) is 18.0. The summed E-state index contributed by atoms with van der Waals surface area (Å²) in [6.45, 7) is 4.59. The van der Waals surface area contributed by atoms with Crippen LogP contribution >= 0.6 is 0 Å². The lowest BCUT2D eigenvalue weighted by atomic mass is 9.99. The minimum Gasteiger partial charge on any atom is -0.383 e. The van der Waals surface area contributed by atoms with Gasteiger partial charge in [0.25, 0.3) is 5.69 Å². The Labute approximate surface area is 141 Å². The fraction of sp³-hybridized carbons (Fsp3) is 0.600. The predicted molar refractivity (Wildman–Crippen MR) is 89.6 cm³/mol. The first-order valence-corrected chi connectivity index (χ1v) is 9.18. The predicted octanol–water partition coefficient (Wildman–Crippen LogP) is 1.26. The molecule has 134 valence electrons. The molecule has 0 radical (unpaired) electrons. The Morgan fingerprint density at radius 3 is 2.62 bits per heavy atom. The van der Waals surface area contributed by atoms with Crippen molar-refractivity contribution in [1.82, 2.24) is 10.0 Å². The normalized spacial score (nSPS) is 21.1. The van der Waals surface area contributed by atoms with Gasteiger partial charge in [0.15, 0.2) is 0 Å². The van der Waals surface area contributed by atoms with Crippen molar-refractivity contribution in [2.75, 3.05) is 26.8 Å². The van der Waals surface area contributed by atoms with Crippen LogP contribution in [0.3, 0.4) is 0 Å². The summed E-state index contributed by atoms with van der Waals surface area (Å²) in [5, 5.41) is 14.4. The van der Waals surface area contributed by atoms with E-state index in [2.05, 4.69) is 10.0 Å². The SMILES string of the molecule is COCC1(CNS(=O)(=O)c2cc([N+](=O)[O-])c(C)cc2C)CCCN1. The number of nitrogens with zero attached hydrogens (tertiary/aromatic N) is 1. The highest BCUT2D eigenvalue weighted by Crippen LogP contribution is 2.26. The molecule has 0 aliphatic carbocycles. The Morgan fingerprint density at radius 2 is 2.08 bits per heavy atom. The van der Waals surface area contributed by atoms with Crippen molar-refractivity contribution in [3.05, 3.63) is 33.4 Å². The van der Waals surface area contributed by atoms with E-state index < -0.39 is 20.5 Å². The van der Waals surface area contributed by atoms with Gasteiger partial charge in [-0.2, -0.15) is 0 Å². The average molecular weight is 357 g/mol. The summed E-state index contributed by atoms with van der Waals surface area (Å²) in [5.74, 6) is 0. The van der Waals surface area contributed by atoms with E-state index in [4.69, 9.17) is 4.74 Å².